The Morgan fingerprint density at radius 3 is 2.76 bits per heavy atom. The van der Waals surface area contributed by atoms with Crippen molar-refractivity contribution in [3.05, 3.63) is 52.0 Å². The van der Waals surface area contributed by atoms with Crippen molar-refractivity contribution in [2.45, 2.75) is 0 Å². The lowest BCUT2D eigenvalue weighted by Crippen LogP contribution is -1.96. The smallest absolute Gasteiger partial charge is 0.195 e. The molecule has 0 N–H and O–H groups in total. The topological polar surface area (TPSA) is 26.3 Å². The van der Waals surface area contributed by atoms with E-state index in [1.807, 2.05) is 41.8 Å². The van der Waals surface area contributed by atoms with Gasteiger partial charge in [0.2, 0.25) is 0 Å². The molecular weight excluding hydrogens is 232 g/mol. The van der Waals surface area contributed by atoms with Crippen LogP contribution in [0.1, 0.15) is 0 Å². The normalized spacial score (nSPS) is 10.9. The quantitative estimate of drug-likeness (QED) is 0.653. The molecule has 2 nitrogen and oxygen atoms in total. The van der Waals surface area contributed by atoms with Crippen LogP contribution in [0.15, 0.2) is 46.6 Å². The average Bonchev–Trinajstić information content (AvgIpc) is 2.81. The fourth-order valence-electron chi connectivity index (χ4n) is 2.01. The molecule has 3 heteroatoms. The standard InChI is InChI=1S/C14H10O2S/c1-16-12-8-9-4-2-3-5-10(9)13(15)11-6-7-17-14(11)12/h2-8H,1H3. The van der Waals surface area contributed by atoms with Crippen LogP contribution in [0.3, 0.4) is 0 Å². The van der Waals surface area contributed by atoms with Crippen LogP contribution in [0, 0.1) is 0 Å². The first-order valence-corrected chi connectivity index (χ1v) is 6.16. The predicted octanol–water partition coefficient (Wildman–Crippen LogP) is 3.42. The molecule has 0 spiro atoms. The van der Waals surface area contributed by atoms with Gasteiger partial charge in [0.05, 0.1) is 11.8 Å². The molecule has 84 valence electrons. The predicted molar refractivity (Wildman–Crippen MR) is 72.2 cm³/mol. The number of hydrogen-bond acceptors (Lipinski definition) is 3. The largest absolute Gasteiger partial charge is 0.495 e. The van der Waals surface area contributed by atoms with E-state index in [-0.39, 0.29) is 5.43 Å². The van der Waals surface area contributed by atoms with Crippen molar-refractivity contribution < 1.29 is 4.74 Å². The maximum Gasteiger partial charge on any atom is 0.195 e. The van der Waals surface area contributed by atoms with Gasteiger partial charge in [-0.2, -0.15) is 0 Å². The Morgan fingerprint density at radius 1 is 1.12 bits per heavy atom. The number of methoxy groups -OCH3 is 1. The zero-order valence-electron chi connectivity index (χ0n) is 9.27. The summed E-state index contributed by atoms with van der Waals surface area (Å²) < 4.78 is 6.29. The molecule has 0 saturated carbocycles. The summed E-state index contributed by atoms with van der Waals surface area (Å²) in [5.74, 6) is 0.758. The molecule has 1 heterocycles. The third-order valence-electron chi connectivity index (χ3n) is 2.85. The van der Waals surface area contributed by atoms with Crippen molar-refractivity contribution in [1.29, 1.82) is 0 Å². The summed E-state index contributed by atoms with van der Waals surface area (Å²) in [4.78, 5) is 12.4. The average molecular weight is 242 g/mol. The molecule has 0 aliphatic carbocycles. The van der Waals surface area contributed by atoms with Gasteiger partial charge in [0.1, 0.15) is 5.75 Å². The summed E-state index contributed by atoms with van der Waals surface area (Å²) in [5.41, 5.74) is 0.0696. The van der Waals surface area contributed by atoms with Gasteiger partial charge in [-0.1, -0.05) is 24.3 Å². The number of fused-ring (bicyclic) bond motifs is 2. The van der Waals surface area contributed by atoms with E-state index < -0.39 is 0 Å². The molecule has 0 aliphatic rings. The van der Waals surface area contributed by atoms with Gasteiger partial charge in [0, 0.05) is 10.8 Å². The molecule has 1 aromatic heterocycles. The van der Waals surface area contributed by atoms with Crippen LogP contribution in [0.5, 0.6) is 5.75 Å². The highest BCUT2D eigenvalue weighted by Crippen LogP contribution is 2.29. The fourth-order valence-corrected chi connectivity index (χ4v) is 2.90. The van der Waals surface area contributed by atoms with Gasteiger partial charge in [-0.25, -0.2) is 0 Å². The third-order valence-corrected chi connectivity index (χ3v) is 3.77. The summed E-state index contributed by atoms with van der Waals surface area (Å²) >= 11 is 1.53. The van der Waals surface area contributed by atoms with Crippen LogP contribution in [-0.2, 0) is 0 Å². The first kappa shape index (κ1) is 10.3. The van der Waals surface area contributed by atoms with Gasteiger partial charge >= 0.3 is 0 Å². The second-order valence-electron chi connectivity index (χ2n) is 3.79. The van der Waals surface area contributed by atoms with Gasteiger partial charge in [0.15, 0.2) is 5.43 Å². The Kier molecular flexibility index (Phi) is 2.34. The maximum absolute atomic E-state index is 12.4. The molecule has 0 radical (unpaired) electrons. The second kappa shape index (κ2) is 3.86. The SMILES string of the molecule is COc1cc2ccccc2c(=O)c2ccsc12. The van der Waals surface area contributed by atoms with Gasteiger partial charge in [-0.05, 0) is 22.9 Å². The van der Waals surface area contributed by atoms with E-state index in [9.17, 15) is 4.79 Å². The first-order chi connectivity index (χ1) is 8.31. The molecular formula is C14H10O2S. The first-order valence-electron chi connectivity index (χ1n) is 5.28. The number of ether oxygens (including phenoxy) is 1. The van der Waals surface area contributed by atoms with Crippen molar-refractivity contribution in [3.8, 4) is 5.75 Å². The molecule has 2 aromatic carbocycles. The highest BCUT2D eigenvalue weighted by molar-refractivity contribution is 7.17. The lowest BCUT2D eigenvalue weighted by Gasteiger charge is -1.96. The van der Waals surface area contributed by atoms with E-state index in [2.05, 4.69) is 0 Å². The minimum absolute atomic E-state index is 0.0696. The number of thiophene rings is 1. The van der Waals surface area contributed by atoms with Crippen molar-refractivity contribution >= 4 is 32.2 Å². The van der Waals surface area contributed by atoms with Gasteiger partial charge in [-0.3, -0.25) is 4.79 Å². The zero-order chi connectivity index (χ0) is 11.8. The van der Waals surface area contributed by atoms with Gasteiger partial charge in [-0.15, -0.1) is 11.3 Å². The number of rotatable bonds is 1. The Bertz CT molecular complexity index is 759. The van der Waals surface area contributed by atoms with Gasteiger partial charge in [0.25, 0.3) is 0 Å². The van der Waals surface area contributed by atoms with Crippen LogP contribution in [-0.4, -0.2) is 7.11 Å². The van der Waals surface area contributed by atoms with Crippen molar-refractivity contribution in [2.24, 2.45) is 0 Å². The molecule has 0 bridgehead atoms. The summed E-state index contributed by atoms with van der Waals surface area (Å²) in [7, 11) is 1.63. The van der Waals surface area contributed by atoms with Crippen LogP contribution in [0.4, 0.5) is 0 Å². The van der Waals surface area contributed by atoms with Crippen molar-refractivity contribution in [2.75, 3.05) is 7.11 Å². The Labute approximate surface area is 102 Å². The monoisotopic (exact) mass is 242 g/mol. The van der Waals surface area contributed by atoms with Gasteiger partial charge < -0.3 is 4.74 Å². The summed E-state index contributed by atoms with van der Waals surface area (Å²) in [5, 5.41) is 4.30. The lowest BCUT2D eigenvalue weighted by molar-refractivity contribution is 0.421. The van der Waals surface area contributed by atoms with Crippen LogP contribution in [0.2, 0.25) is 0 Å². The molecule has 3 aromatic rings. The molecule has 17 heavy (non-hydrogen) atoms. The van der Waals surface area contributed by atoms with E-state index in [0.29, 0.717) is 0 Å². The van der Waals surface area contributed by atoms with E-state index in [4.69, 9.17) is 4.74 Å². The minimum atomic E-state index is 0.0696. The number of hydrogen-bond donors (Lipinski definition) is 0. The van der Waals surface area contributed by atoms with Crippen LogP contribution in [0.25, 0.3) is 20.9 Å². The molecule has 0 amide bonds. The summed E-state index contributed by atoms with van der Waals surface area (Å²) in [6.07, 6.45) is 0. The summed E-state index contributed by atoms with van der Waals surface area (Å²) in [6.45, 7) is 0. The van der Waals surface area contributed by atoms with Crippen LogP contribution < -0.4 is 10.2 Å². The van der Waals surface area contributed by atoms with Crippen molar-refractivity contribution in [3.63, 3.8) is 0 Å². The Hall–Kier alpha value is -1.87. The maximum atomic E-state index is 12.4. The van der Waals surface area contributed by atoms with E-state index >= 15 is 0 Å². The number of benzene rings is 1. The third kappa shape index (κ3) is 1.51. The zero-order valence-corrected chi connectivity index (χ0v) is 10.1. The highest BCUT2D eigenvalue weighted by atomic mass is 32.1. The fraction of sp³-hybridized carbons (Fsp3) is 0.0714. The molecule has 0 aliphatic heterocycles. The Morgan fingerprint density at radius 2 is 1.94 bits per heavy atom. The Balaban J connectivity index is 2.68. The van der Waals surface area contributed by atoms with Crippen LogP contribution >= 0.6 is 11.3 Å². The molecule has 0 unspecified atom stereocenters. The lowest BCUT2D eigenvalue weighted by atomic mass is 10.2. The highest BCUT2D eigenvalue weighted by Gasteiger charge is 2.08. The van der Waals surface area contributed by atoms with E-state index in [1.54, 1.807) is 7.11 Å². The van der Waals surface area contributed by atoms with Crippen molar-refractivity contribution in [1.82, 2.24) is 0 Å². The molecule has 0 saturated heterocycles. The second-order valence-corrected chi connectivity index (χ2v) is 4.71. The van der Waals surface area contributed by atoms with E-state index in [1.165, 1.54) is 11.3 Å². The molecule has 0 atom stereocenters. The van der Waals surface area contributed by atoms with E-state index in [0.717, 1.165) is 26.6 Å². The summed E-state index contributed by atoms with van der Waals surface area (Å²) in [6, 6.07) is 11.4. The minimum Gasteiger partial charge on any atom is -0.495 e. The molecule has 0 fully saturated rings. The molecule has 3 rings (SSSR count).